The second kappa shape index (κ2) is 12.3. The topological polar surface area (TPSA) is 84.1 Å². The molecule has 0 saturated heterocycles. The Hall–Kier alpha value is -4.89. The molecule has 0 aliphatic heterocycles. The van der Waals surface area contributed by atoms with Gasteiger partial charge in [0.05, 0.1) is 14.7 Å². The van der Waals surface area contributed by atoms with Crippen molar-refractivity contribution < 1.29 is 26.3 Å². The Morgan fingerprint density at radius 1 is 0.646 bits per heavy atom. The minimum absolute atomic E-state index is 0.217. The molecule has 1 unspecified atom stereocenters. The van der Waals surface area contributed by atoms with Crippen molar-refractivity contribution in [2.75, 3.05) is 6.61 Å². The first kappa shape index (κ1) is 31.7. The SMILES string of the molecule is CC(C)(C)OC(=O)COc1ccc(S([O+]=S(=O)(O)c2ccc3ccc4cccc5ccc2c3c45)(c2ccccc2)c2ccccc2)cc1. The fourth-order valence-corrected chi connectivity index (χ4v) is 11.5. The van der Waals surface area contributed by atoms with Gasteiger partial charge >= 0.3 is 16.1 Å². The Balaban J connectivity index is 1.43. The lowest BCUT2D eigenvalue weighted by Crippen LogP contribution is -2.27. The van der Waals surface area contributed by atoms with Crippen LogP contribution in [0.25, 0.3) is 32.3 Å². The van der Waals surface area contributed by atoms with Crippen LogP contribution in [0, 0.1) is 0 Å². The lowest BCUT2D eigenvalue weighted by molar-refractivity contribution is -0.157. The third kappa shape index (κ3) is 5.87. The van der Waals surface area contributed by atoms with Gasteiger partial charge in [-0.3, -0.25) is 0 Å². The van der Waals surface area contributed by atoms with Gasteiger partial charge < -0.3 is 9.47 Å². The Labute approximate surface area is 281 Å². The molecule has 7 aromatic rings. The highest BCUT2D eigenvalue weighted by Gasteiger charge is 2.46. The van der Waals surface area contributed by atoms with Crippen LogP contribution in [0.1, 0.15) is 20.8 Å². The van der Waals surface area contributed by atoms with Crippen molar-refractivity contribution in [2.24, 2.45) is 0 Å². The molecule has 0 aliphatic rings. The molecule has 0 saturated carbocycles. The summed E-state index contributed by atoms with van der Waals surface area (Å²) < 4.78 is 45.0. The molecule has 0 heterocycles. The van der Waals surface area contributed by atoms with Crippen LogP contribution >= 0.6 is 10.3 Å². The second-order valence-electron chi connectivity index (χ2n) is 12.5. The smallest absolute Gasteiger partial charge is 0.455 e. The largest absolute Gasteiger partial charge is 0.482 e. The highest BCUT2D eigenvalue weighted by Crippen LogP contribution is 2.68. The summed E-state index contributed by atoms with van der Waals surface area (Å²) in [6, 6.07) is 44.0. The molecule has 1 N–H and O–H groups in total. The van der Waals surface area contributed by atoms with Gasteiger partial charge in [-0.25, -0.2) is 9.35 Å². The van der Waals surface area contributed by atoms with Gasteiger partial charge in [0.15, 0.2) is 21.8 Å². The first-order valence-electron chi connectivity index (χ1n) is 15.6. The maximum Gasteiger partial charge on any atom is 0.455 e. The summed E-state index contributed by atoms with van der Waals surface area (Å²) in [4.78, 5) is 14.7. The van der Waals surface area contributed by atoms with E-state index in [1.165, 1.54) is 0 Å². The predicted octanol–water partition coefficient (Wildman–Crippen LogP) is 10.2. The standard InChI is InChI=1S/C40H34O6S2/c1-40(2,3)45-37(41)27-44-31-21-23-34(24-22-31)47(32-13-6-4-7-14-32,33-15-8-5-9-16-33)46-48(42,43)36-26-20-30-18-17-28-11-10-12-29-19-25-35(36)39(30)38(28)29/h4-26H,27H2,1-3H3/p+1. The number of esters is 1. The van der Waals surface area contributed by atoms with Gasteiger partial charge in [-0.15, -0.1) is 7.49 Å². The molecule has 242 valence electrons. The zero-order chi connectivity index (χ0) is 33.5. The number of benzene rings is 7. The molecule has 0 radical (unpaired) electrons. The predicted molar refractivity (Wildman–Crippen MR) is 193 cm³/mol. The molecule has 6 nitrogen and oxygen atoms in total. The van der Waals surface area contributed by atoms with Crippen molar-refractivity contribution in [2.45, 2.75) is 46.0 Å². The first-order chi connectivity index (χ1) is 23.0. The van der Waals surface area contributed by atoms with E-state index in [0.29, 0.717) is 16.0 Å². The van der Waals surface area contributed by atoms with E-state index in [9.17, 15) is 13.6 Å². The summed E-state index contributed by atoms with van der Waals surface area (Å²) in [6.45, 7) is 5.16. The van der Waals surface area contributed by atoms with E-state index in [2.05, 4.69) is 18.2 Å². The molecule has 0 amide bonds. The monoisotopic (exact) mass is 675 g/mol. The molecule has 7 aromatic carbocycles. The first-order valence-corrected chi connectivity index (χ1v) is 18.6. The number of hydrogen-bond acceptors (Lipinski definition) is 4. The molecular weight excluding hydrogens is 641 g/mol. The zero-order valence-electron chi connectivity index (χ0n) is 26.8. The Bertz CT molecular complexity index is 2320. The van der Waals surface area contributed by atoms with Crippen molar-refractivity contribution in [3.63, 3.8) is 0 Å². The van der Waals surface area contributed by atoms with E-state index in [1.54, 1.807) is 39.0 Å². The van der Waals surface area contributed by atoms with E-state index in [1.807, 2.05) is 103 Å². The van der Waals surface area contributed by atoms with E-state index in [-0.39, 0.29) is 11.5 Å². The Kier molecular flexibility index (Phi) is 8.11. The third-order valence-electron chi connectivity index (χ3n) is 8.04. The Morgan fingerprint density at radius 3 is 1.75 bits per heavy atom. The zero-order valence-corrected chi connectivity index (χ0v) is 28.4. The van der Waals surface area contributed by atoms with Crippen LogP contribution in [0.15, 0.2) is 159 Å². The molecule has 0 bridgehead atoms. The van der Waals surface area contributed by atoms with E-state index in [4.69, 9.17) is 12.8 Å². The minimum atomic E-state index is -4.14. The van der Waals surface area contributed by atoms with Crippen molar-refractivity contribution in [3.8, 4) is 5.75 Å². The van der Waals surface area contributed by atoms with E-state index in [0.717, 1.165) is 36.7 Å². The van der Waals surface area contributed by atoms with Crippen molar-refractivity contribution in [3.05, 3.63) is 140 Å². The van der Waals surface area contributed by atoms with Gasteiger partial charge in [-0.1, -0.05) is 84.9 Å². The van der Waals surface area contributed by atoms with Crippen LogP contribution in [-0.4, -0.2) is 26.9 Å². The molecule has 0 spiro atoms. The molecule has 0 fully saturated rings. The van der Waals surface area contributed by atoms with Gasteiger partial charge in [0.1, 0.15) is 11.4 Å². The molecule has 7 rings (SSSR count). The number of carbonyl (C=O) groups is 1. The lowest BCUT2D eigenvalue weighted by Gasteiger charge is -2.26. The maximum atomic E-state index is 14.9. The van der Waals surface area contributed by atoms with Crippen LogP contribution in [0.4, 0.5) is 0 Å². The average Bonchev–Trinajstić information content (AvgIpc) is 3.09. The molecule has 1 atom stereocenters. The Morgan fingerprint density at radius 2 is 1.17 bits per heavy atom. The summed E-state index contributed by atoms with van der Waals surface area (Å²) in [7, 11) is -6.95. The molecule has 0 aliphatic carbocycles. The maximum absolute atomic E-state index is 14.9. The van der Waals surface area contributed by atoms with Gasteiger partial charge in [0, 0.05) is 5.39 Å². The third-order valence-corrected chi connectivity index (χ3v) is 13.3. The quantitative estimate of drug-likeness (QED) is 0.0750. The molecule has 8 heteroatoms. The van der Waals surface area contributed by atoms with Crippen molar-refractivity contribution in [1.29, 1.82) is 0 Å². The highest BCUT2D eigenvalue weighted by molar-refractivity contribution is 8.30. The number of hydrogen-bond donors (Lipinski definition) is 1. The molecule has 0 aromatic heterocycles. The van der Waals surface area contributed by atoms with Crippen molar-refractivity contribution in [1.82, 2.24) is 0 Å². The second-order valence-corrected chi connectivity index (χ2v) is 17.0. The highest BCUT2D eigenvalue weighted by atomic mass is 32.3. The summed E-state index contributed by atoms with van der Waals surface area (Å²) >= 11 is 0. The van der Waals surface area contributed by atoms with Crippen molar-refractivity contribution >= 4 is 58.7 Å². The van der Waals surface area contributed by atoms with Crippen LogP contribution < -0.4 is 4.74 Å². The number of rotatable bonds is 8. The lowest BCUT2D eigenvalue weighted by atomic mass is 9.94. The molecular formula is C40H35O6S2+. The van der Waals surface area contributed by atoms with Gasteiger partial charge in [0.25, 0.3) is 0 Å². The van der Waals surface area contributed by atoms with Gasteiger partial charge in [-0.2, -0.15) is 0 Å². The summed E-state index contributed by atoms with van der Waals surface area (Å²) in [6.07, 6.45) is 0. The van der Waals surface area contributed by atoms with Gasteiger partial charge in [-0.05, 0) is 102 Å². The minimum Gasteiger partial charge on any atom is -0.482 e. The average molecular weight is 676 g/mol. The number of ether oxygens (including phenoxy) is 2. The fourth-order valence-electron chi connectivity index (χ4n) is 6.10. The summed E-state index contributed by atoms with van der Waals surface area (Å²) in [5, 5.41) is 5.77. The summed E-state index contributed by atoms with van der Waals surface area (Å²) in [5.41, 5.74) is -0.623. The van der Waals surface area contributed by atoms with Gasteiger partial charge in [0.2, 0.25) is 0 Å². The van der Waals surface area contributed by atoms with E-state index >= 15 is 0 Å². The molecule has 48 heavy (non-hydrogen) atoms. The van der Waals surface area contributed by atoms with Crippen LogP contribution in [0.5, 0.6) is 5.75 Å². The fraction of sp³-hybridized carbons (Fsp3) is 0.125. The summed E-state index contributed by atoms with van der Waals surface area (Å²) in [5.74, 6) is -0.0210. The van der Waals surface area contributed by atoms with Crippen LogP contribution in [0.2, 0.25) is 0 Å². The number of carbonyl (C=O) groups excluding carboxylic acids is 1. The van der Waals surface area contributed by atoms with Crippen LogP contribution in [-0.2, 0) is 22.9 Å². The normalized spacial score (nSPS) is 13.8. The van der Waals surface area contributed by atoms with Crippen LogP contribution in [0.3, 0.4) is 0 Å². The van der Waals surface area contributed by atoms with E-state index < -0.39 is 32.0 Å².